The molecule has 0 heterocycles. The average Bonchev–Trinajstić information content (AvgIpc) is 2.44. The summed E-state index contributed by atoms with van der Waals surface area (Å²) in [5.74, 6) is -0.714. The summed E-state index contributed by atoms with van der Waals surface area (Å²) in [6.07, 6.45) is 0.223. The Bertz CT molecular complexity index is 696. The van der Waals surface area contributed by atoms with Crippen molar-refractivity contribution in [3.05, 3.63) is 48.0 Å². The highest BCUT2D eigenvalue weighted by atomic mass is 16.2. The molecule has 0 aliphatic carbocycles. The van der Waals surface area contributed by atoms with Crippen molar-refractivity contribution in [2.45, 2.75) is 33.2 Å². The highest BCUT2D eigenvalue weighted by Crippen LogP contribution is 2.21. The Morgan fingerprint density at radius 3 is 2.36 bits per heavy atom. The highest BCUT2D eigenvalue weighted by molar-refractivity contribution is 5.92. The summed E-state index contributed by atoms with van der Waals surface area (Å²) in [6, 6.07) is 13.1. The number of carbonyl (C=O) groups is 2. The van der Waals surface area contributed by atoms with E-state index in [2.05, 4.69) is 5.32 Å². The first-order valence-corrected chi connectivity index (χ1v) is 7.34. The Balaban J connectivity index is 2.19. The molecular formula is C18H22N2O2. The van der Waals surface area contributed by atoms with Crippen molar-refractivity contribution >= 4 is 22.6 Å². The fourth-order valence-electron chi connectivity index (χ4n) is 2.55. The standard InChI is InChI=1S/C18H22N2O2/c1-18(2,3)16(17(19)22)20-15(21)11-13-9-6-8-12-7-4-5-10-14(12)13/h4-10,16H,11H2,1-3H3,(H2,19,22)(H,20,21)/t16-/m1/s1. The molecule has 3 N–H and O–H groups in total. The van der Waals surface area contributed by atoms with E-state index in [1.54, 1.807) is 0 Å². The van der Waals surface area contributed by atoms with Crippen LogP contribution in [0.1, 0.15) is 26.3 Å². The van der Waals surface area contributed by atoms with E-state index in [1.165, 1.54) is 0 Å². The van der Waals surface area contributed by atoms with Gasteiger partial charge in [-0.1, -0.05) is 63.2 Å². The molecule has 0 spiro atoms. The van der Waals surface area contributed by atoms with E-state index < -0.39 is 17.4 Å². The van der Waals surface area contributed by atoms with E-state index in [-0.39, 0.29) is 12.3 Å². The van der Waals surface area contributed by atoms with Crippen LogP contribution in [0, 0.1) is 5.41 Å². The molecular weight excluding hydrogens is 276 g/mol. The maximum atomic E-state index is 12.3. The van der Waals surface area contributed by atoms with Crippen LogP contribution < -0.4 is 11.1 Å². The van der Waals surface area contributed by atoms with Crippen LogP contribution in [0.3, 0.4) is 0 Å². The van der Waals surface area contributed by atoms with Crippen LogP contribution in [0.15, 0.2) is 42.5 Å². The number of rotatable bonds is 4. The van der Waals surface area contributed by atoms with Crippen molar-refractivity contribution in [2.24, 2.45) is 11.1 Å². The number of hydrogen-bond acceptors (Lipinski definition) is 2. The number of nitrogens with two attached hydrogens (primary N) is 1. The van der Waals surface area contributed by atoms with Crippen molar-refractivity contribution in [2.75, 3.05) is 0 Å². The van der Waals surface area contributed by atoms with Gasteiger partial charge in [-0.15, -0.1) is 0 Å². The molecule has 0 saturated carbocycles. The van der Waals surface area contributed by atoms with Gasteiger partial charge in [-0.2, -0.15) is 0 Å². The van der Waals surface area contributed by atoms with Gasteiger partial charge in [0.05, 0.1) is 6.42 Å². The van der Waals surface area contributed by atoms with Crippen LogP contribution >= 0.6 is 0 Å². The molecule has 4 nitrogen and oxygen atoms in total. The Morgan fingerprint density at radius 1 is 1.09 bits per heavy atom. The predicted molar refractivity (Wildman–Crippen MR) is 88.2 cm³/mol. The fourth-order valence-corrected chi connectivity index (χ4v) is 2.55. The lowest BCUT2D eigenvalue weighted by Crippen LogP contribution is -2.52. The van der Waals surface area contributed by atoms with Crippen LogP contribution in [-0.4, -0.2) is 17.9 Å². The molecule has 2 rings (SSSR count). The van der Waals surface area contributed by atoms with Crippen molar-refractivity contribution in [1.82, 2.24) is 5.32 Å². The molecule has 2 amide bonds. The summed E-state index contributed by atoms with van der Waals surface area (Å²) < 4.78 is 0. The van der Waals surface area contributed by atoms with Gasteiger partial charge in [-0.25, -0.2) is 0 Å². The molecule has 1 atom stereocenters. The number of fused-ring (bicyclic) bond motifs is 1. The zero-order valence-electron chi connectivity index (χ0n) is 13.2. The first-order chi connectivity index (χ1) is 10.3. The normalized spacial score (nSPS) is 12.9. The zero-order chi connectivity index (χ0) is 16.3. The zero-order valence-corrected chi connectivity index (χ0v) is 13.2. The van der Waals surface area contributed by atoms with Gasteiger partial charge in [-0.3, -0.25) is 9.59 Å². The van der Waals surface area contributed by atoms with Crippen LogP contribution in [-0.2, 0) is 16.0 Å². The Labute approximate surface area is 130 Å². The van der Waals surface area contributed by atoms with E-state index in [1.807, 2.05) is 63.2 Å². The first kappa shape index (κ1) is 16.0. The number of carbonyl (C=O) groups excluding carboxylic acids is 2. The lowest BCUT2D eigenvalue weighted by atomic mass is 9.86. The number of benzene rings is 2. The van der Waals surface area contributed by atoms with Gasteiger partial charge in [0.25, 0.3) is 0 Å². The minimum Gasteiger partial charge on any atom is -0.368 e. The van der Waals surface area contributed by atoms with E-state index in [0.29, 0.717) is 0 Å². The van der Waals surface area contributed by atoms with E-state index in [0.717, 1.165) is 16.3 Å². The SMILES string of the molecule is CC(C)(C)[C@H](NC(=O)Cc1cccc2ccccc12)C(N)=O. The number of primary amides is 1. The van der Waals surface area contributed by atoms with Crippen LogP contribution in [0.2, 0.25) is 0 Å². The van der Waals surface area contributed by atoms with E-state index in [4.69, 9.17) is 5.73 Å². The third-order valence-electron chi connectivity index (χ3n) is 3.69. The molecule has 4 heteroatoms. The summed E-state index contributed by atoms with van der Waals surface area (Å²) in [7, 11) is 0. The largest absolute Gasteiger partial charge is 0.368 e. The molecule has 0 aliphatic rings. The van der Waals surface area contributed by atoms with Gasteiger partial charge in [0.2, 0.25) is 11.8 Å². The second kappa shape index (κ2) is 6.18. The maximum absolute atomic E-state index is 12.3. The average molecular weight is 298 g/mol. The second-order valence-electron chi connectivity index (χ2n) is 6.58. The van der Waals surface area contributed by atoms with Gasteiger partial charge in [0.15, 0.2) is 0 Å². The Kier molecular flexibility index (Phi) is 4.50. The Morgan fingerprint density at radius 2 is 1.73 bits per heavy atom. The first-order valence-electron chi connectivity index (χ1n) is 7.34. The van der Waals surface area contributed by atoms with E-state index >= 15 is 0 Å². The molecule has 22 heavy (non-hydrogen) atoms. The summed E-state index contributed by atoms with van der Waals surface area (Å²) >= 11 is 0. The monoisotopic (exact) mass is 298 g/mol. The number of nitrogens with one attached hydrogen (secondary N) is 1. The van der Waals surface area contributed by atoms with Crippen LogP contribution in [0.5, 0.6) is 0 Å². The Hall–Kier alpha value is -2.36. The summed E-state index contributed by atoms with van der Waals surface area (Å²) in [5, 5.41) is 4.90. The molecule has 0 saturated heterocycles. The molecule has 0 bridgehead atoms. The molecule has 0 aliphatic heterocycles. The summed E-state index contributed by atoms with van der Waals surface area (Å²) in [6.45, 7) is 5.63. The number of hydrogen-bond donors (Lipinski definition) is 2. The minimum atomic E-state index is -0.685. The summed E-state index contributed by atoms with van der Waals surface area (Å²) in [5.41, 5.74) is 5.92. The van der Waals surface area contributed by atoms with Crippen LogP contribution in [0.4, 0.5) is 0 Å². The number of amides is 2. The molecule has 2 aromatic carbocycles. The molecule has 0 radical (unpaired) electrons. The molecule has 0 fully saturated rings. The minimum absolute atomic E-state index is 0.199. The van der Waals surface area contributed by atoms with Crippen molar-refractivity contribution in [3.8, 4) is 0 Å². The molecule has 116 valence electrons. The third kappa shape index (κ3) is 3.64. The fraction of sp³-hybridized carbons (Fsp3) is 0.333. The summed E-state index contributed by atoms with van der Waals surface area (Å²) in [4.78, 5) is 23.9. The quantitative estimate of drug-likeness (QED) is 0.909. The van der Waals surface area contributed by atoms with Crippen molar-refractivity contribution in [1.29, 1.82) is 0 Å². The van der Waals surface area contributed by atoms with Gasteiger partial charge >= 0.3 is 0 Å². The van der Waals surface area contributed by atoms with Crippen molar-refractivity contribution in [3.63, 3.8) is 0 Å². The third-order valence-corrected chi connectivity index (χ3v) is 3.69. The molecule has 2 aromatic rings. The smallest absolute Gasteiger partial charge is 0.240 e. The van der Waals surface area contributed by atoms with Crippen molar-refractivity contribution < 1.29 is 9.59 Å². The highest BCUT2D eigenvalue weighted by Gasteiger charge is 2.30. The maximum Gasteiger partial charge on any atom is 0.240 e. The van der Waals surface area contributed by atoms with Gasteiger partial charge in [0.1, 0.15) is 6.04 Å². The van der Waals surface area contributed by atoms with Gasteiger partial charge in [-0.05, 0) is 21.8 Å². The predicted octanol–water partition coefficient (Wildman–Crippen LogP) is 2.40. The second-order valence-corrected chi connectivity index (χ2v) is 6.58. The van der Waals surface area contributed by atoms with E-state index in [9.17, 15) is 9.59 Å². The molecule has 0 aromatic heterocycles. The lowest BCUT2D eigenvalue weighted by molar-refractivity contribution is -0.129. The van der Waals surface area contributed by atoms with Crippen LogP contribution in [0.25, 0.3) is 10.8 Å². The van der Waals surface area contributed by atoms with Gasteiger partial charge < -0.3 is 11.1 Å². The lowest BCUT2D eigenvalue weighted by Gasteiger charge is -2.28. The van der Waals surface area contributed by atoms with Gasteiger partial charge in [0, 0.05) is 0 Å². The molecule has 0 unspecified atom stereocenters. The topological polar surface area (TPSA) is 72.2 Å².